The lowest BCUT2D eigenvalue weighted by atomic mass is 10.2. The molecule has 0 aliphatic carbocycles. The number of rotatable bonds is 6. The van der Waals surface area contributed by atoms with Gasteiger partial charge in [-0.1, -0.05) is 25.1 Å². The van der Waals surface area contributed by atoms with Crippen molar-refractivity contribution in [1.29, 1.82) is 5.26 Å². The minimum Gasteiger partial charge on any atom is -0.349 e. The summed E-state index contributed by atoms with van der Waals surface area (Å²) >= 11 is 0. The molecule has 0 aromatic heterocycles. The number of carbonyl (C=O) groups is 2. The highest BCUT2D eigenvalue weighted by Crippen LogP contribution is 2.02. The highest BCUT2D eigenvalue weighted by Gasteiger charge is 2.25. The molecule has 6 nitrogen and oxygen atoms in total. The molecule has 0 bridgehead atoms. The normalized spacial score (nSPS) is 11.2. The molecule has 0 fully saturated rings. The van der Waals surface area contributed by atoms with Gasteiger partial charge in [-0.15, -0.1) is 0 Å². The number of hydrogen-bond donors (Lipinski definition) is 1. The lowest BCUT2D eigenvalue weighted by Crippen LogP contribution is -2.47. The number of nitrogens with zero attached hydrogens (tertiary/aromatic N) is 2. The van der Waals surface area contributed by atoms with Crippen LogP contribution < -0.4 is 5.32 Å². The van der Waals surface area contributed by atoms with Crippen molar-refractivity contribution in [2.24, 2.45) is 0 Å². The van der Waals surface area contributed by atoms with E-state index in [1.54, 1.807) is 36.5 Å². The average molecular weight is 275 g/mol. The first kappa shape index (κ1) is 15.7. The molecule has 106 valence electrons. The van der Waals surface area contributed by atoms with E-state index in [0.29, 0.717) is 18.6 Å². The van der Waals surface area contributed by atoms with E-state index >= 15 is 0 Å². The highest BCUT2D eigenvalue weighted by molar-refractivity contribution is 5.97. The van der Waals surface area contributed by atoms with Crippen LogP contribution in [0.5, 0.6) is 0 Å². The van der Waals surface area contributed by atoms with Crippen LogP contribution in [-0.2, 0) is 9.53 Å². The van der Waals surface area contributed by atoms with Gasteiger partial charge in [-0.05, 0) is 18.6 Å². The van der Waals surface area contributed by atoms with Crippen LogP contribution in [0, 0.1) is 11.5 Å². The van der Waals surface area contributed by atoms with Gasteiger partial charge in [0, 0.05) is 19.2 Å². The predicted molar refractivity (Wildman–Crippen MR) is 72.3 cm³/mol. The Morgan fingerprint density at radius 2 is 2.05 bits per heavy atom. The topological polar surface area (TPSA) is 82.4 Å². The van der Waals surface area contributed by atoms with Gasteiger partial charge in [0.05, 0.1) is 0 Å². The van der Waals surface area contributed by atoms with Crippen molar-refractivity contribution in [2.75, 3.05) is 13.7 Å². The van der Waals surface area contributed by atoms with Crippen LogP contribution in [0.4, 0.5) is 0 Å². The Labute approximate surface area is 117 Å². The highest BCUT2D eigenvalue weighted by atomic mass is 16.5. The number of nitriles is 1. The Morgan fingerprint density at radius 1 is 1.40 bits per heavy atom. The second kappa shape index (κ2) is 7.92. The Kier molecular flexibility index (Phi) is 6.20. The number of ether oxygens (including phenoxy) is 1. The van der Waals surface area contributed by atoms with Crippen molar-refractivity contribution >= 4 is 11.8 Å². The molecule has 0 radical (unpaired) electrons. The minimum absolute atomic E-state index is 0.310. The number of benzene rings is 1. The fourth-order valence-corrected chi connectivity index (χ4v) is 1.43. The van der Waals surface area contributed by atoms with Gasteiger partial charge in [0.15, 0.2) is 6.19 Å². The number of hydrogen-bond acceptors (Lipinski definition) is 4. The summed E-state index contributed by atoms with van der Waals surface area (Å²) in [6.07, 6.45) is 1.22. The molecule has 0 saturated heterocycles. The maximum absolute atomic E-state index is 12.0. The molecule has 0 aliphatic rings. The van der Waals surface area contributed by atoms with Gasteiger partial charge in [-0.25, -0.2) is 4.90 Å². The van der Waals surface area contributed by atoms with Crippen molar-refractivity contribution in [3.8, 4) is 6.19 Å². The smallest absolute Gasteiger partial charge is 0.285 e. The summed E-state index contributed by atoms with van der Waals surface area (Å²) in [5.41, 5.74) is 0.421. The van der Waals surface area contributed by atoms with Gasteiger partial charge >= 0.3 is 0 Å². The fraction of sp³-hybridized carbons (Fsp3) is 0.357. The zero-order valence-electron chi connectivity index (χ0n) is 11.5. The molecule has 20 heavy (non-hydrogen) atoms. The minimum atomic E-state index is -1.16. The SMILES string of the molecule is CCCOC(NC(=O)c1ccccc1)C(=O)N(C)C#N. The molecule has 1 aromatic rings. The van der Waals surface area contributed by atoms with Crippen molar-refractivity contribution in [3.05, 3.63) is 35.9 Å². The van der Waals surface area contributed by atoms with Crippen molar-refractivity contribution in [2.45, 2.75) is 19.6 Å². The molecule has 2 amide bonds. The van der Waals surface area contributed by atoms with Crippen LogP contribution >= 0.6 is 0 Å². The zero-order chi connectivity index (χ0) is 15.0. The third kappa shape index (κ3) is 4.37. The lowest BCUT2D eigenvalue weighted by Gasteiger charge is -2.20. The first-order chi connectivity index (χ1) is 9.60. The summed E-state index contributed by atoms with van der Waals surface area (Å²) in [4.78, 5) is 24.7. The first-order valence-electron chi connectivity index (χ1n) is 6.25. The molecule has 0 saturated carbocycles. The fourth-order valence-electron chi connectivity index (χ4n) is 1.43. The van der Waals surface area contributed by atoms with Crippen LogP contribution in [0.2, 0.25) is 0 Å². The number of likely N-dealkylation sites (N-methyl/N-ethyl adjacent to an activating group) is 1. The van der Waals surface area contributed by atoms with Crippen LogP contribution in [0.15, 0.2) is 30.3 Å². The third-order valence-electron chi connectivity index (χ3n) is 2.49. The van der Waals surface area contributed by atoms with Gasteiger partial charge in [-0.3, -0.25) is 9.59 Å². The van der Waals surface area contributed by atoms with E-state index in [4.69, 9.17) is 10.00 Å². The molecule has 1 atom stereocenters. The molecular weight excluding hydrogens is 258 g/mol. The van der Waals surface area contributed by atoms with Gasteiger partial charge in [0.2, 0.25) is 6.23 Å². The Morgan fingerprint density at radius 3 is 2.60 bits per heavy atom. The summed E-state index contributed by atoms with van der Waals surface area (Å²) in [5, 5.41) is 11.2. The number of nitrogens with one attached hydrogen (secondary N) is 1. The Hall–Kier alpha value is -2.39. The van der Waals surface area contributed by atoms with E-state index in [1.807, 2.05) is 6.92 Å². The van der Waals surface area contributed by atoms with Crippen molar-refractivity contribution < 1.29 is 14.3 Å². The van der Waals surface area contributed by atoms with E-state index in [-0.39, 0.29) is 0 Å². The van der Waals surface area contributed by atoms with Gasteiger partial charge < -0.3 is 10.1 Å². The molecule has 1 aromatic carbocycles. The average Bonchev–Trinajstić information content (AvgIpc) is 2.50. The molecule has 1 unspecified atom stereocenters. The summed E-state index contributed by atoms with van der Waals surface area (Å²) in [6.45, 7) is 2.19. The predicted octanol–water partition coefficient (Wildman–Crippen LogP) is 1.11. The third-order valence-corrected chi connectivity index (χ3v) is 2.49. The van der Waals surface area contributed by atoms with Gasteiger partial charge in [-0.2, -0.15) is 5.26 Å². The van der Waals surface area contributed by atoms with Gasteiger partial charge in [0.25, 0.3) is 11.8 Å². The first-order valence-corrected chi connectivity index (χ1v) is 6.25. The van der Waals surface area contributed by atoms with Gasteiger partial charge in [0.1, 0.15) is 0 Å². The van der Waals surface area contributed by atoms with Crippen LogP contribution in [0.1, 0.15) is 23.7 Å². The molecule has 0 spiro atoms. The standard InChI is InChI=1S/C14H17N3O3/c1-3-9-20-13(14(19)17(2)10-15)16-12(18)11-7-5-4-6-8-11/h4-8,13H,3,9H2,1-2H3,(H,16,18). The van der Waals surface area contributed by atoms with E-state index in [9.17, 15) is 9.59 Å². The summed E-state index contributed by atoms with van der Waals surface area (Å²) in [6, 6.07) is 8.49. The molecule has 6 heteroatoms. The lowest BCUT2D eigenvalue weighted by molar-refractivity contribution is -0.141. The molecule has 1 N–H and O–H groups in total. The summed E-state index contributed by atoms with van der Waals surface area (Å²) in [7, 11) is 1.32. The number of amides is 2. The summed E-state index contributed by atoms with van der Waals surface area (Å²) < 4.78 is 5.29. The monoisotopic (exact) mass is 275 g/mol. The van der Waals surface area contributed by atoms with Crippen molar-refractivity contribution in [1.82, 2.24) is 10.2 Å². The van der Waals surface area contributed by atoms with Crippen molar-refractivity contribution in [3.63, 3.8) is 0 Å². The van der Waals surface area contributed by atoms with E-state index in [1.165, 1.54) is 7.05 Å². The number of carbonyl (C=O) groups excluding carboxylic acids is 2. The molecular formula is C14H17N3O3. The zero-order valence-corrected chi connectivity index (χ0v) is 11.5. The Balaban J connectivity index is 2.77. The van der Waals surface area contributed by atoms with Crippen LogP contribution in [-0.4, -0.2) is 36.6 Å². The quantitative estimate of drug-likeness (QED) is 0.479. The van der Waals surface area contributed by atoms with Crippen LogP contribution in [0.3, 0.4) is 0 Å². The van der Waals surface area contributed by atoms with E-state index < -0.39 is 18.0 Å². The molecule has 0 heterocycles. The maximum Gasteiger partial charge on any atom is 0.285 e. The maximum atomic E-state index is 12.0. The van der Waals surface area contributed by atoms with Crippen LogP contribution in [0.25, 0.3) is 0 Å². The largest absolute Gasteiger partial charge is 0.349 e. The molecule has 0 aliphatic heterocycles. The van der Waals surface area contributed by atoms with E-state index in [0.717, 1.165) is 4.90 Å². The molecule has 1 rings (SSSR count). The van der Waals surface area contributed by atoms with E-state index in [2.05, 4.69) is 5.32 Å². The Bertz CT molecular complexity index is 496. The second-order valence-corrected chi connectivity index (χ2v) is 4.09. The second-order valence-electron chi connectivity index (χ2n) is 4.09. The summed E-state index contributed by atoms with van der Waals surface area (Å²) in [5.74, 6) is -1.03.